The van der Waals surface area contributed by atoms with E-state index in [1.54, 1.807) is 18.2 Å². The number of halogens is 2. The zero-order chi connectivity index (χ0) is 27.2. The second-order valence-corrected chi connectivity index (χ2v) is 12.5. The summed E-state index contributed by atoms with van der Waals surface area (Å²) in [7, 11) is -4.70. The highest BCUT2D eigenvalue weighted by atomic mass is 32.1. The Kier molecular flexibility index (Phi) is 7.43. The number of allylic oxidation sites excluding steroid dienone is 5. The summed E-state index contributed by atoms with van der Waals surface area (Å²) >= 11 is 1.45. The molecule has 3 unspecified atom stereocenters. The Balaban J connectivity index is 1.96. The van der Waals surface area contributed by atoms with Gasteiger partial charge in [0.2, 0.25) is 0 Å². The summed E-state index contributed by atoms with van der Waals surface area (Å²) in [6.07, 6.45) is 7.67. The van der Waals surface area contributed by atoms with Crippen molar-refractivity contribution < 1.29 is 27.5 Å². The summed E-state index contributed by atoms with van der Waals surface area (Å²) in [5, 5.41) is 14.0. The van der Waals surface area contributed by atoms with E-state index in [-0.39, 0.29) is 30.3 Å². The standard InChI is InChI=1S/C29H37BF2O4S/c1-7-15-28-18-20(12-11-19(3)4)27(5,6)29(16-8-2,26(28)34)24(33)23-22(14-13-21-10-9-17-37-21)35-30(31,32)36-25(23)28/h7-11,13-14,17,20,23,25-26,34H,1-2,12,15-16,18H2,3-6H3/b14-13+/t20-,23?,25?,26?,28-,29+/m1/s1. The van der Waals surface area contributed by atoms with Crippen LogP contribution in [0, 0.1) is 28.1 Å². The van der Waals surface area contributed by atoms with Crippen LogP contribution in [-0.4, -0.2) is 36.0 Å². The lowest BCUT2D eigenvalue weighted by Crippen LogP contribution is -2.77. The first-order valence-electron chi connectivity index (χ1n) is 12.9. The average Bonchev–Trinajstić information content (AvgIpc) is 3.33. The van der Waals surface area contributed by atoms with Gasteiger partial charge in [-0.15, -0.1) is 24.5 Å². The van der Waals surface area contributed by atoms with E-state index in [1.165, 1.54) is 17.4 Å². The molecule has 37 heavy (non-hydrogen) atoms. The van der Waals surface area contributed by atoms with E-state index in [0.717, 1.165) is 10.5 Å². The monoisotopic (exact) mass is 530 g/mol. The quantitative estimate of drug-likeness (QED) is 0.133. The molecule has 3 aliphatic rings. The Morgan fingerprint density at radius 1 is 1.27 bits per heavy atom. The number of ketones is 2. The fourth-order valence-electron chi connectivity index (χ4n) is 7.16. The molecule has 6 atom stereocenters. The van der Waals surface area contributed by atoms with Gasteiger partial charge in [0.25, 0.3) is 5.78 Å². The lowest BCUT2D eigenvalue weighted by molar-refractivity contribution is -0.392. The van der Waals surface area contributed by atoms with Crippen molar-refractivity contribution in [3.8, 4) is 0 Å². The van der Waals surface area contributed by atoms with Crippen LogP contribution in [0.3, 0.4) is 0 Å². The number of hydrogen-bond acceptors (Lipinski definition) is 4. The molecule has 4 rings (SSSR count). The van der Waals surface area contributed by atoms with Crippen LogP contribution >= 0.6 is 11.3 Å². The molecule has 2 fully saturated rings. The molecule has 0 amide bonds. The van der Waals surface area contributed by atoms with Gasteiger partial charge >= 0.3 is 7.11 Å². The molecule has 2 heterocycles. The Morgan fingerprint density at radius 3 is 2.57 bits per heavy atom. The summed E-state index contributed by atoms with van der Waals surface area (Å²) in [4.78, 5) is 15.5. The number of rotatable bonds is 8. The maximum atomic E-state index is 15.0. The third-order valence-electron chi connectivity index (χ3n) is 9.04. The van der Waals surface area contributed by atoms with Crippen molar-refractivity contribution in [2.24, 2.45) is 28.1 Å². The number of fused-ring (bicyclic) bond motifs is 4. The number of aliphatic hydroxyl groups is 1. The Bertz CT molecular complexity index is 1150. The average molecular weight is 530 g/mol. The predicted octanol–water partition coefficient (Wildman–Crippen LogP) is 6.73. The van der Waals surface area contributed by atoms with Gasteiger partial charge in [-0.1, -0.05) is 43.7 Å². The zero-order valence-corrected chi connectivity index (χ0v) is 22.9. The normalized spacial score (nSPS) is 36.0. The molecule has 4 nitrogen and oxygen atoms in total. The van der Waals surface area contributed by atoms with Crippen LogP contribution in [0.5, 0.6) is 0 Å². The Labute approximate surface area is 222 Å². The Morgan fingerprint density at radius 2 is 1.97 bits per heavy atom. The van der Waals surface area contributed by atoms with Crippen molar-refractivity contribution in [3.05, 3.63) is 65.4 Å². The molecular formula is C29H37BF2O4S. The predicted molar refractivity (Wildman–Crippen MR) is 146 cm³/mol. The van der Waals surface area contributed by atoms with Crippen molar-refractivity contribution >= 4 is 36.1 Å². The van der Waals surface area contributed by atoms with E-state index < -0.39 is 41.5 Å². The summed E-state index contributed by atoms with van der Waals surface area (Å²) in [5.74, 6) is -1.57. The molecule has 1 aromatic heterocycles. The molecule has 2 aliphatic carbocycles. The van der Waals surface area contributed by atoms with Gasteiger partial charge in [0, 0.05) is 16.4 Å². The second kappa shape index (κ2) is 9.86. The fourth-order valence-corrected chi connectivity index (χ4v) is 7.78. The van der Waals surface area contributed by atoms with Gasteiger partial charge < -0.3 is 22.7 Å². The number of thiophene rings is 1. The van der Waals surface area contributed by atoms with E-state index in [2.05, 4.69) is 19.2 Å². The second-order valence-electron chi connectivity index (χ2n) is 11.5. The van der Waals surface area contributed by atoms with Crippen molar-refractivity contribution in [3.63, 3.8) is 0 Å². The number of carbonyl (C=O) groups excluding carboxylic acids is 2. The van der Waals surface area contributed by atoms with E-state index >= 15 is 8.63 Å². The summed E-state index contributed by atoms with van der Waals surface area (Å²) in [6, 6.07) is 3.72. The van der Waals surface area contributed by atoms with Crippen LogP contribution in [0.25, 0.3) is 6.08 Å². The van der Waals surface area contributed by atoms with Crippen LogP contribution < -0.4 is 0 Å². The molecule has 0 radical (unpaired) electrons. The minimum absolute atomic E-state index is 0.0618. The molecule has 1 N–H and O–H groups in total. The fraction of sp³-hybridized carbons (Fsp3) is 0.517. The lowest BCUT2D eigenvalue weighted by atomic mass is 9.36. The minimum Gasteiger partial charge on any atom is -0.453 e. The SMILES string of the molecule is C=CC[C@@]12C[C@@H](CC=C(C)C)C(C)(C)[C@@](CC=C)(C(=O)C3C(/C=C/c4cccs4)=[O+][B-](F)(F)OC31)C2O. The van der Waals surface area contributed by atoms with Crippen molar-refractivity contribution in [1.29, 1.82) is 0 Å². The zero-order valence-electron chi connectivity index (χ0n) is 22.1. The largest absolute Gasteiger partial charge is 0.932 e. The number of aliphatic hydroxyl groups excluding tert-OH is 1. The van der Waals surface area contributed by atoms with E-state index in [0.29, 0.717) is 12.8 Å². The first-order valence-corrected chi connectivity index (χ1v) is 13.8. The van der Waals surface area contributed by atoms with Gasteiger partial charge in [-0.25, -0.2) is 0 Å². The van der Waals surface area contributed by atoms with Crippen LogP contribution in [-0.2, 0) is 13.8 Å². The van der Waals surface area contributed by atoms with E-state index in [1.807, 2.05) is 45.2 Å². The van der Waals surface area contributed by atoms with Gasteiger partial charge in [-0.05, 0) is 68.4 Å². The summed E-state index contributed by atoms with van der Waals surface area (Å²) < 4.78 is 40.6. The molecule has 0 spiro atoms. The van der Waals surface area contributed by atoms with Crippen LogP contribution in [0.15, 0.2) is 60.5 Å². The first kappa shape index (κ1) is 27.9. The van der Waals surface area contributed by atoms with Gasteiger partial charge in [-0.2, -0.15) is 0 Å². The van der Waals surface area contributed by atoms with Crippen molar-refractivity contribution in [2.75, 3.05) is 0 Å². The van der Waals surface area contributed by atoms with Gasteiger partial charge in [0.05, 0.1) is 17.6 Å². The smallest absolute Gasteiger partial charge is 0.453 e. The minimum atomic E-state index is -4.70. The number of hydrogen-bond donors (Lipinski definition) is 1. The van der Waals surface area contributed by atoms with Crippen LogP contribution in [0.1, 0.15) is 58.3 Å². The van der Waals surface area contributed by atoms with Crippen LogP contribution in [0.4, 0.5) is 8.63 Å². The molecule has 0 aromatic carbocycles. The molecule has 200 valence electrons. The molecular weight excluding hydrogens is 493 g/mol. The van der Waals surface area contributed by atoms with Crippen molar-refractivity contribution in [2.45, 2.75) is 65.6 Å². The highest BCUT2D eigenvalue weighted by Crippen LogP contribution is 2.69. The molecule has 1 aromatic rings. The van der Waals surface area contributed by atoms with E-state index in [4.69, 9.17) is 9.00 Å². The third-order valence-corrected chi connectivity index (χ3v) is 9.88. The summed E-state index contributed by atoms with van der Waals surface area (Å²) in [5.41, 5.74) is -1.92. The van der Waals surface area contributed by atoms with E-state index in [9.17, 15) is 9.90 Å². The number of carbonyl (C=O) groups is 1. The molecule has 2 saturated carbocycles. The third kappa shape index (κ3) is 4.35. The Hall–Kier alpha value is -2.16. The highest BCUT2D eigenvalue weighted by molar-refractivity contribution is 7.10. The summed E-state index contributed by atoms with van der Waals surface area (Å²) in [6.45, 7) is 15.9. The topological polar surface area (TPSA) is 57.8 Å². The molecule has 1 aliphatic heterocycles. The maximum Gasteiger partial charge on any atom is 0.932 e. The lowest BCUT2D eigenvalue weighted by Gasteiger charge is -2.68. The first-order chi connectivity index (χ1) is 17.4. The molecule has 8 heteroatoms. The maximum absolute atomic E-state index is 15.0. The van der Waals surface area contributed by atoms with Gasteiger partial charge in [0.1, 0.15) is 5.92 Å². The van der Waals surface area contributed by atoms with Crippen LogP contribution in [0.2, 0.25) is 0 Å². The highest BCUT2D eigenvalue weighted by Gasteiger charge is 2.77. The number of Topliss-reactive ketones (excluding diaryl/α,β-unsaturated/α-hetero) is 1. The molecule has 0 saturated heterocycles. The van der Waals surface area contributed by atoms with Gasteiger partial charge in [0.15, 0.2) is 5.78 Å². The van der Waals surface area contributed by atoms with Crippen molar-refractivity contribution in [1.82, 2.24) is 0 Å². The molecule has 2 bridgehead atoms. The van der Waals surface area contributed by atoms with Gasteiger partial charge in [-0.3, -0.25) is 4.79 Å².